The third-order valence-corrected chi connectivity index (χ3v) is 5.14. The van der Waals surface area contributed by atoms with Crippen LogP contribution in [0.5, 0.6) is 0 Å². The fourth-order valence-electron chi connectivity index (χ4n) is 3.51. The third kappa shape index (κ3) is 5.03. The van der Waals surface area contributed by atoms with Gasteiger partial charge in [-0.3, -0.25) is 0 Å². The molecule has 6 nitrogen and oxygen atoms in total. The molecule has 2 N–H and O–H groups in total. The Morgan fingerprint density at radius 1 is 0.793 bits per heavy atom. The van der Waals surface area contributed by atoms with Gasteiger partial charge in [0.25, 0.3) is 0 Å². The number of anilines is 5. The van der Waals surface area contributed by atoms with E-state index in [2.05, 4.69) is 80.8 Å². The van der Waals surface area contributed by atoms with Crippen LogP contribution in [0.2, 0.25) is 0 Å². The molecular weight excluding hydrogens is 360 g/mol. The highest BCUT2D eigenvalue weighted by Gasteiger charge is 2.14. The van der Waals surface area contributed by atoms with Gasteiger partial charge in [-0.05, 0) is 62.9 Å². The van der Waals surface area contributed by atoms with Crippen LogP contribution in [0.4, 0.5) is 28.8 Å². The minimum absolute atomic E-state index is 0.590. The van der Waals surface area contributed by atoms with Crippen LogP contribution in [-0.4, -0.2) is 48.1 Å². The molecule has 0 atom stereocenters. The zero-order valence-corrected chi connectivity index (χ0v) is 17.3. The quantitative estimate of drug-likeness (QED) is 0.678. The number of hydrogen-bond donors (Lipinski definition) is 2. The largest absolute Gasteiger partial charge is 0.369 e. The molecule has 0 bridgehead atoms. The van der Waals surface area contributed by atoms with Crippen LogP contribution in [0.25, 0.3) is 0 Å². The Morgan fingerprint density at radius 3 is 2.28 bits per heavy atom. The molecule has 150 valence electrons. The molecule has 1 aliphatic heterocycles. The van der Waals surface area contributed by atoms with Crippen molar-refractivity contribution in [3.05, 3.63) is 65.9 Å². The Balaban J connectivity index is 1.45. The molecule has 2 aromatic carbocycles. The molecule has 0 radical (unpaired) electrons. The number of nitrogens with one attached hydrogen (secondary N) is 2. The monoisotopic (exact) mass is 388 g/mol. The van der Waals surface area contributed by atoms with Gasteiger partial charge in [0.05, 0.1) is 0 Å². The van der Waals surface area contributed by atoms with Gasteiger partial charge in [0.15, 0.2) is 0 Å². The Morgan fingerprint density at radius 2 is 1.55 bits per heavy atom. The van der Waals surface area contributed by atoms with Crippen LogP contribution < -0.4 is 15.5 Å². The van der Waals surface area contributed by atoms with Crippen LogP contribution in [0.1, 0.15) is 11.3 Å². The lowest BCUT2D eigenvalue weighted by Crippen LogP contribution is -2.44. The molecule has 0 saturated carbocycles. The number of nitrogens with zero attached hydrogens (tertiary/aromatic N) is 4. The highest BCUT2D eigenvalue weighted by atomic mass is 15.2. The number of aryl methyl sites for hydroxylation is 2. The summed E-state index contributed by atoms with van der Waals surface area (Å²) in [7, 11) is 2.18. The van der Waals surface area contributed by atoms with Crippen molar-refractivity contribution in [1.29, 1.82) is 0 Å². The first-order valence-corrected chi connectivity index (χ1v) is 10.1. The summed E-state index contributed by atoms with van der Waals surface area (Å²) >= 11 is 0. The van der Waals surface area contributed by atoms with Gasteiger partial charge in [-0.2, -0.15) is 4.98 Å². The van der Waals surface area contributed by atoms with E-state index in [1.165, 1.54) is 11.3 Å². The molecule has 0 unspecified atom stereocenters. The van der Waals surface area contributed by atoms with E-state index in [1.54, 1.807) is 0 Å². The predicted octanol–water partition coefficient (Wildman–Crippen LogP) is 4.33. The Hall–Kier alpha value is -3.12. The fraction of sp³-hybridized carbons (Fsp3) is 0.304. The van der Waals surface area contributed by atoms with Crippen molar-refractivity contribution >= 4 is 28.8 Å². The molecule has 0 amide bonds. The van der Waals surface area contributed by atoms with Crippen molar-refractivity contribution in [2.24, 2.45) is 0 Å². The SMILES string of the molecule is Cc1cccc(Nc2nc(C)cc(Nc3ccc(N4CCN(C)CC4)cc3)n2)c1. The Bertz CT molecular complexity index is 961. The number of likely N-dealkylation sites (N-methyl/N-ethyl adjacent to an activating group) is 1. The van der Waals surface area contributed by atoms with Crippen molar-refractivity contribution < 1.29 is 0 Å². The maximum Gasteiger partial charge on any atom is 0.229 e. The summed E-state index contributed by atoms with van der Waals surface area (Å²) in [6.45, 7) is 8.41. The number of benzene rings is 2. The second-order valence-electron chi connectivity index (χ2n) is 7.67. The molecule has 1 aliphatic rings. The lowest BCUT2D eigenvalue weighted by Gasteiger charge is -2.34. The van der Waals surface area contributed by atoms with Gasteiger partial charge in [0, 0.05) is 55.0 Å². The van der Waals surface area contributed by atoms with E-state index in [-0.39, 0.29) is 0 Å². The summed E-state index contributed by atoms with van der Waals surface area (Å²) in [5.74, 6) is 1.37. The molecule has 3 aromatic rings. The number of rotatable bonds is 5. The van der Waals surface area contributed by atoms with E-state index in [0.717, 1.165) is 49.1 Å². The van der Waals surface area contributed by atoms with Crippen LogP contribution in [0.15, 0.2) is 54.6 Å². The van der Waals surface area contributed by atoms with Crippen LogP contribution in [0, 0.1) is 13.8 Å². The minimum Gasteiger partial charge on any atom is -0.369 e. The van der Waals surface area contributed by atoms with Crippen LogP contribution in [0.3, 0.4) is 0 Å². The first kappa shape index (κ1) is 19.2. The van der Waals surface area contributed by atoms with Gasteiger partial charge in [0.1, 0.15) is 5.82 Å². The fourth-order valence-corrected chi connectivity index (χ4v) is 3.51. The standard InChI is InChI=1S/C23H28N6/c1-17-5-4-6-20(15-17)26-23-24-18(2)16-22(27-23)25-19-7-9-21(10-8-19)29-13-11-28(3)12-14-29/h4-10,15-16H,11-14H2,1-3H3,(H2,24,25,26,27). The van der Waals surface area contributed by atoms with Gasteiger partial charge in [-0.25, -0.2) is 4.98 Å². The molecule has 1 fully saturated rings. The van der Waals surface area contributed by atoms with E-state index in [0.29, 0.717) is 5.95 Å². The van der Waals surface area contributed by atoms with Crippen molar-refractivity contribution in [2.75, 3.05) is 48.8 Å². The summed E-state index contributed by atoms with van der Waals surface area (Å²) < 4.78 is 0. The minimum atomic E-state index is 0.590. The zero-order chi connectivity index (χ0) is 20.2. The average molecular weight is 389 g/mol. The molecule has 2 heterocycles. The Kier molecular flexibility index (Phi) is 5.62. The second-order valence-corrected chi connectivity index (χ2v) is 7.67. The summed E-state index contributed by atoms with van der Waals surface area (Å²) in [6.07, 6.45) is 0. The normalized spacial score (nSPS) is 14.7. The molecule has 0 aliphatic carbocycles. The maximum absolute atomic E-state index is 4.63. The van der Waals surface area contributed by atoms with Gasteiger partial charge >= 0.3 is 0 Å². The van der Waals surface area contributed by atoms with Crippen molar-refractivity contribution in [1.82, 2.24) is 14.9 Å². The second kappa shape index (κ2) is 8.49. The van der Waals surface area contributed by atoms with Gasteiger partial charge in [-0.1, -0.05) is 12.1 Å². The molecule has 4 rings (SSSR count). The smallest absolute Gasteiger partial charge is 0.229 e. The summed E-state index contributed by atoms with van der Waals surface area (Å²) in [5, 5.41) is 6.70. The third-order valence-electron chi connectivity index (χ3n) is 5.14. The van der Waals surface area contributed by atoms with Gasteiger partial charge in [-0.15, -0.1) is 0 Å². The number of hydrogen-bond acceptors (Lipinski definition) is 6. The van der Waals surface area contributed by atoms with Crippen LogP contribution in [-0.2, 0) is 0 Å². The first-order chi connectivity index (χ1) is 14.0. The van der Waals surface area contributed by atoms with E-state index in [1.807, 2.05) is 25.1 Å². The Labute approximate surface area is 172 Å². The maximum atomic E-state index is 4.63. The lowest BCUT2D eigenvalue weighted by molar-refractivity contribution is 0.313. The predicted molar refractivity (Wildman–Crippen MR) is 121 cm³/mol. The molecule has 6 heteroatoms. The van der Waals surface area contributed by atoms with Gasteiger partial charge < -0.3 is 20.4 Å². The van der Waals surface area contributed by atoms with E-state index < -0.39 is 0 Å². The van der Waals surface area contributed by atoms with Gasteiger partial charge in [0.2, 0.25) is 5.95 Å². The summed E-state index contributed by atoms with van der Waals surface area (Å²) in [4.78, 5) is 13.9. The van der Waals surface area contributed by atoms with Crippen molar-refractivity contribution in [2.45, 2.75) is 13.8 Å². The lowest BCUT2D eigenvalue weighted by atomic mass is 10.2. The van der Waals surface area contributed by atoms with E-state index in [4.69, 9.17) is 0 Å². The van der Waals surface area contributed by atoms with E-state index in [9.17, 15) is 0 Å². The molecule has 29 heavy (non-hydrogen) atoms. The van der Waals surface area contributed by atoms with Crippen LogP contribution >= 0.6 is 0 Å². The average Bonchev–Trinajstić information content (AvgIpc) is 2.69. The summed E-state index contributed by atoms with van der Waals surface area (Å²) in [6, 6.07) is 18.7. The zero-order valence-electron chi connectivity index (χ0n) is 17.3. The number of aromatic nitrogens is 2. The molecule has 1 aromatic heterocycles. The molecule has 0 spiro atoms. The molecular formula is C23H28N6. The highest BCUT2D eigenvalue weighted by Crippen LogP contribution is 2.23. The van der Waals surface area contributed by atoms with Crippen molar-refractivity contribution in [3.8, 4) is 0 Å². The summed E-state index contributed by atoms with van der Waals surface area (Å²) in [5.41, 5.74) is 5.37. The van der Waals surface area contributed by atoms with E-state index >= 15 is 0 Å². The first-order valence-electron chi connectivity index (χ1n) is 10.1. The van der Waals surface area contributed by atoms with Crippen molar-refractivity contribution in [3.63, 3.8) is 0 Å². The highest BCUT2D eigenvalue weighted by molar-refractivity contribution is 5.63. The topological polar surface area (TPSA) is 56.3 Å². The molecule has 1 saturated heterocycles. The number of piperazine rings is 1.